The molecule has 1 aliphatic rings. The molecule has 2 aromatic rings. The predicted octanol–water partition coefficient (Wildman–Crippen LogP) is 2.93. The van der Waals surface area contributed by atoms with Crippen LogP contribution in [0.15, 0.2) is 84.3 Å². The molecule has 2 aromatic carbocycles. The zero-order chi connectivity index (χ0) is 16.9. The SMILES string of the molecule is COC1=CC(=O)C(=O)C=C1NC(c1ccccc1)c1ccccc1. The number of nitrogens with one attached hydrogen (secondary N) is 1. The molecule has 1 N–H and O–H groups in total. The number of rotatable bonds is 5. The van der Waals surface area contributed by atoms with Crippen LogP contribution in [-0.4, -0.2) is 18.7 Å². The van der Waals surface area contributed by atoms with Crippen LogP contribution in [0.1, 0.15) is 17.2 Å². The van der Waals surface area contributed by atoms with Gasteiger partial charge in [-0.1, -0.05) is 60.7 Å². The molecule has 0 saturated heterocycles. The van der Waals surface area contributed by atoms with Gasteiger partial charge in [0.25, 0.3) is 0 Å². The third-order valence-electron chi connectivity index (χ3n) is 3.83. The van der Waals surface area contributed by atoms with Crippen molar-refractivity contribution >= 4 is 11.6 Å². The summed E-state index contributed by atoms with van der Waals surface area (Å²) in [6.45, 7) is 0. The molecule has 0 saturated carbocycles. The Hall–Kier alpha value is -3.14. The standard InChI is InChI=1S/C20H17NO3/c1-24-19-13-18(23)17(22)12-16(19)21-20(14-8-4-2-5-9-14)15-10-6-3-7-11-15/h2-13,20-21H,1H3. The van der Waals surface area contributed by atoms with Crippen LogP contribution in [-0.2, 0) is 14.3 Å². The van der Waals surface area contributed by atoms with Crippen molar-refractivity contribution in [2.45, 2.75) is 6.04 Å². The lowest BCUT2D eigenvalue weighted by Gasteiger charge is -2.24. The van der Waals surface area contributed by atoms with Gasteiger partial charge < -0.3 is 10.1 Å². The van der Waals surface area contributed by atoms with Crippen molar-refractivity contribution in [3.8, 4) is 0 Å². The van der Waals surface area contributed by atoms with E-state index in [-0.39, 0.29) is 6.04 Å². The summed E-state index contributed by atoms with van der Waals surface area (Å²) in [7, 11) is 1.48. The van der Waals surface area contributed by atoms with Gasteiger partial charge in [0, 0.05) is 12.2 Å². The number of allylic oxidation sites excluding steroid dienone is 2. The van der Waals surface area contributed by atoms with Gasteiger partial charge in [-0.2, -0.15) is 0 Å². The second kappa shape index (κ2) is 6.96. The van der Waals surface area contributed by atoms with Gasteiger partial charge in [-0.15, -0.1) is 0 Å². The molecular weight excluding hydrogens is 302 g/mol. The van der Waals surface area contributed by atoms with Crippen LogP contribution < -0.4 is 5.32 Å². The zero-order valence-corrected chi connectivity index (χ0v) is 13.2. The van der Waals surface area contributed by atoms with E-state index in [0.29, 0.717) is 11.5 Å². The van der Waals surface area contributed by atoms with Gasteiger partial charge in [0.2, 0.25) is 11.6 Å². The zero-order valence-electron chi connectivity index (χ0n) is 13.2. The lowest BCUT2D eigenvalue weighted by Crippen LogP contribution is -2.28. The monoisotopic (exact) mass is 319 g/mol. The number of carbonyl (C=O) groups excluding carboxylic acids is 2. The molecule has 0 bridgehead atoms. The molecule has 0 amide bonds. The van der Waals surface area contributed by atoms with E-state index in [2.05, 4.69) is 5.32 Å². The van der Waals surface area contributed by atoms with Crippen molar-refractivity contribution in [3.63, 3.8) is 0 Å². The minimum atomic E-state index is -0.576. The number of ketones is 2. The maximum Gasteiger partial charge on any atom is 0.229 e. The van der Waals surface area contributed by atoms with Gasteiger partial charge in [0.15, 0.2) is 0 Å². The summed E-state index contributed by atoms with van der Waals surface area (Å²) in [6, 6.07) is 19.6. The van der Waals surface area contributed by atoms with Gasteiger partial charge in [0.05, 0.1) is 18.8 Å². The van der Waals surface area contributed by atoms with Crippen molar-refractivity contribution in [2.24, 2.45) is 0 Å². The number of methoxy groups -OCH3 is 1. The molecule has 0 unspecified atom stereocenters. The molecule has 24 heavy (non-hydrogen) atoms. The Morgan fingerprint density at radius 1 is 0.792 bits per heavy atom. The van der Waals surface area contributed by atoms with E-state index in [1.165, 1.54) is 19.3 Å². The largest absolute Gasteiger partial charge is 0.494 e. The number of hydrogen-bond donors (Lipinski definition) is 1. The first kappa shape index (κ1) is 15.7. The highest BCUT2D eigenvalue weighted by molar-refractivity contribution is 6.46. The van der Waals surface area contributed by atoms with Gasteiger partial charge in [-0.3, -0.25) is 9.59 Å². The first-order valence-electron chi connectivity index (χ1n) is 7.61. The molecule has 120 valence electrons. The number of carbonyl (C=O) groups is 2. The van der Waals surface area contributed by atoms with Gasteiger partial charge in [-0.25, -0.2) is 0 Å². The minimum absolute atomic E-state index is 0.168. The van der Waals surface area contributed by atoms with E-state index in [0.717, 1.165) is 11.1 Å². The smallest absolute Gasteiger partial charge is 0.229 e. The molecule has 0 radical (unpaired) electrons. The fourth-order valence-electron chi connectivity index (χ4n) is 2.63. The fourth-order valence-corrected chi connectivity index (χ4v) is 2.63. The normalized spacial score (nSPS) is 14.2. The van der Waals surface area contributed by atoms with Gasteiger partial charge >= 0.3 is 0 Å². The molecule has 0 aromatic heterocycles. The fraction of sp³-hybridized carbons (Fsp3) is 0.100. The Morgan fingerprint density at radius 2 is 1.29 bits per heavy atom. The van der Waals surface area contributed by atoms with Crippen molar-refractivity contribution in [3.05, 3.63) is 95.4 Å². The van der Waals surface area contributed by atoms with E-state index < -0.39 is 11.6 Å². The van der Waals surface area contributed by atoms with Crippen molar-refractivity contribution in [1.29, 1.82) is 0 Å². The predicted molar refractivity (Wildman–Crippen MR) is 91.1 cm³/mol. The molecule has 0 fully saturated rings. The highest BCUT2D eigenvalue weighted by Crippen LogP contribution is 2.25. The molecule has 4 nitrogen and oxygen atoms in total. The van der Waals surface area contributed by atoms with Crippen molar-refractivity contribution < 1.29 is 14.3 Å². The molecule has 0 heterocycles. The average Bonchev–Trinajstić information content (AvgIpc) is 2.63. The van der Waals surface area contributed by atoms with Crippen LogP contribution in [0.5, 0.6) is 0 Å². The molecule has 0 spiro atoms. The van der Waals surface area contributed by atoms with Crippen LogP contribution in [0.25, 0.3) is 0 Å². The Balaban J connectivity index is 1.99. The van der Waals surface area contributed by atoms with Crippen LogP contribution in [0, 0.1) is 0 Å². The molecular formula is C20H17NO3. The van der Waals surface area contributed by atoms with E-state index in [1.54, 1.807) is 0 Å². The third-order valence-corrected chi connectivity index (χ3v) is 3.83. The number of ether oxygens (including phenoxy) is 1. The van der Waals surface area contributed by atoms with E-state index in [9.17, 15) is 9.59 Å². The Labute approximate surface area is 140 Å². The maximum atomic E-state index is 11.8. The lowest BCUT2D eigenvalue weighted by atomic mass is 9.97. The van der Waals surface area contributed by atoms with Crippen LogP contribution >= 0.6 is 0 Å². The number of hydrogen-bond acceptors (Lipinski definition) is 4. The van der Waals surface area contributed by atoms with Crippen LogP contribution in [0.2, 0.25) is 0 Å². The van der Waals surface area contributed by atoms with Crippen molar-refractivity contribution in [2.75, 3.05) is 7.11 Å². The van der Waals surface area contributed by atoms with E-state index >= 15 is 0 Å². The summed E-state index contributed by atoms with van der Waals surface area (Å²) in [6.07, 6.45) is 2.51. The van der Waals surface area contributed by atoms with Crippen molar-refractivity contribution in [1.82, 2.24) is 5.32 Å². The van der Waals surface area contributed by atoms with Crippen LogP contribution in [0.3, 0.4) is 0 Å². The first-order valence-corrected chi connectivity index (χ1v) is 7.61. The summed E-state index contributed by atoms with van der Waals surface area (Å²) in [5.74, 6) is -0.775. The number of benzene rings is 2. The Kier molecular flexibility index (Phi) is 4.57. The van der Waals surface area contributed by atoms with Crippen LogP contribution in [0.4, 0.5) is 0 Å². The van der Waals surface area contributed by atoms with E-state index in [4.69, 9.17) is 4.74 Å². The topological polar surface area (TPSA) is 55.4 Å². The highest BCUT2D eigenvalue weighted by Gasteiger charge is 2.24. The van der Waals surface area contributed by atoms with Gasteiger partial charge in [0.1, 0.15) is 5.76 Å². The Morgan fingerprint density at radius 3 is 1.79 bits per heavy atom. The third kappa shape index (κ3) is 3.27. The summed E-state index contributed by atoms with van der Waals surface area (Å²) < 4.78 is 5.25. The summed E-state index contributed by atoms with van der Waals surface area (Å²) in [4.78, 5) is 23.3. The van der Waals surface area contributed by atoms with Gasteiger partial charge in [-0.05, 0) is 11.1 Å². The second-order valence-electron chi connectivity index (χ2n) is 5.40. The minimum Gasteiger partial charge on any atom is -0.494 e. The molecule has 4 heteroatoms. The quantitative estimate of drug-likeness (QED) is 0.680. The molecule has 1 aliphatic carbocycles. The maximum absolute atomic E-state index is 11.8. The summed E-state index contributed by atoms with van der Waals surface area (Å²) >= 11 is 0. The highest BCUT2D eigenvalue weighted by atomic mass is 16.5. The molecule has 0 aliphatic heterocycles. The molecule has 3 rings (SSSR count). The first-order chi connectivity index (χ1) is 11.7. The van der Waals surface area contributed by atoms with E-state index in [1.807, 2.05) is 60.7 Å². The summed E-state index contributed by atoms with van der Waals surface area (Å²) in [5.41, 5.74) is 2.59. The average molecular weight is 319 g/mol. The Bertz CT molecular complexity index is 768. The lowest BCUT2D eigenvalue weighted by molar-refractivity contribution is -0.131. The summed E-state index contributed by atoms with van der Waals surface area (Å²) in [5, 5.41) is 3.34. The second-order valence-corrected chi connectivity index (χ2v) is 5.40. The molecule has 0 atom stereocenters.